The molecule has 0 amide bonds. The molecule has 0 atom stereocenters. The zero-order valence-corrected chi connectivity index (χ0v) is 12.6. The van der Waals surface area contributed by atoms with Crippen LogP contribution in [0.5, 0.6) is 0 Å². The van der Waals surface area contributed by atoms with E-state index >= 15 is 0 Å². The van der Waals surface area contributed by atoms with Crippen molar-refractivity contribution in [3.05, 3.63) is 41.7 Å². The van der Waals surface area contributed by atoms with Gasteiger partial charge in [0.1, 0.15) is 0 Å². The highest BCUT2D eigenvalue weighted by Crippen LogP contribution is 2.27. The summed E-state index contributed by atoms with van der Waals surface area (Å²) in [5.41, 5.74) is 3.28. The lowest BCUT2D eigenvalue weighted by Gasteiger charge is -2.14. The molecule has 0 bridgehead atoms. The first-order valence-corrected chi connectivity index (χ1v) is 7.47. The van der Waals surface area contributed by atoms with Crippen molar-refractivity contribution in [2.24, 2.45) is 0 Å². The van der Waals surface area contributed by atoms with Crippen molar-refractivity contribution in [2.45, 2.75) is 31.8 Å². The molecule has 1 heterocycles. The zero-order chi connectivity index (χ0) is 14.7. The van der Waals surface area contributed by atoms with Gasteiger partial charge in [-0.3, -0.25) is 9.36 Å². The van der Waals surface area contributed by atoms with Crippen LogP contribution >= 0.6 is 11.8 Å². The van der Waals surface area contributed by atoms with E-state index < -0.39 is 5.97 Å². The summed E-state index contributed by atoms with van der Waals surface area (Å²) in [6, 6.07) is 8.14. The van der Waals surface area contributed by atoms with E-state index in [9.17, 15) is 4.79 Å². The molecule has 0 spiro atoms. The minimum atomic E-state index is -0.833. The van der Waals surface area contributed by atoms with E-state index in [2.05, 4.69) is 24.9 Å². The fraction of sp³-hybridized carbons (Fsp3) is 0.333. The molecule has 5 heteroatoms. The molecule has 4 nitrogen and oxygen atoms in total. The van der Waals surface area contributed by atoms with Gasteiger partial charge in [-0.25, -0.2) is 4.98 Å². The molecule has 1 aromatic heterocycles. The predicted octanol–water partition coefficient (Wildman–Crippen LogP) is 3.48. The Labute approximate surface area is 122 Å². The first-order chi connectivity index (χ1) is 9.49. The highest BCUT2D eigenvalue weighted by atomic mass is 32.2. The second-order valence-electron chi connectivity index (χ2n) is 4.98. The number of carboxylic acids is 1. The van der Waals surface area contributed by atoms with E-state index in [-0.39, 0.29) is 5.75 Å². The summed E-state index contributed by atoms with van der Waals surface area (Å²) in [6.07, 6.45) is 1.83. The van der Waals surface area contributed by atoms with Crippen LogP contribution in [0.15, 0.2) is 35.6 Å². The Morgan fingerprint density at radius 1 is 1.45 bits per heavy atom. The van der Waals surface area contributed by atoms with Gasteiger partial charge in [0, 0.05) is 11.4 Å². The van der Waals surface area contributed by atoms with Crippen LogP contribution < -0.4 is 0 Å². The topological polar surface area (TPSA) is 55.1 Å². The van der Waals surface area contributed by atoms with Crippen LogP contribution in [-0.2, 0) is 4.79 Å². The fourth-order valence-electron chi connectivity index (χ4n) is 2.01. The smallest absolute Gasteiger partial charge is 0.313 e. The van der Waals surface area contributed by atoms with Gasteiger partial charge in [0.2, 0.25) is 0 Å². The molecule has 1 N–H and O–H groups in total. The van der Waals surface area contributed by atoms with Crippen molar-refractivity contribution in [1.82, 2.24) is 9.55 Å². The van der Waals surface area contributed by atoms with Crippen LogP contribution in [0.25, 0.3) is 5.69 Å². The Bertz CT molecular complexity index is 620. The standard InChI is InChI=1S/C15H18N2O2S/c1-10(2)13-8-16-15(20-9-14(18)19)17(13)12-6-4-5-11(3)7-12/h4-8,10H,9H2,1-3H3,(H,18,19). The summed E-state index contributed by atoms with van der Waals surface area (Å²) in [7, 11) is 0. The van der Waals surface area contributed by atoms with Crippen molar-refractivity contribution in [3.8, 4) is 5.69 Å². The molecular weight excluding hydrogens is 272 g/mol. The van der Waals surface area contributed by atoms with E-state index in [0.717, 1.165) is 16.5 Å². The maximum absolute atomic E-state index is 10.8. The maximum atomic E-state index is 10.8. The number of thioether (sulfide) groups is 1. The van der Waals surface area contributed by atoms with Gasteiger partial charge in [-0.15, -0.1) is 0 Å². The summed E-state index contributed by atoms with van der Waals surface area (Å²) in [4.78, 5) is 15.1. The number of hydrogen-bond acceptors (Lipinski definition) is 3. The lowest BCUT2D eigenvalue weighted by Crippen LogP contribution is -2.05. The molecule has 20 heavy (non-hydrogen) atoms. The molecule has 1 aromatic carbocycles. The minimum absolute atomic E-state index is 0.0143. The predicted molar refractivity (Wildman–Crippen MR) is 80.7 cm³/mol. The molecular formula is C15H18N2O2S. The third kappa shape index (κ3) is 3.22. The number of aromatic nitrogens is 2. The normalized spacial score (nSPS) is 11.0. The number of imidazole rings is 1. The average molecular weight is 290 g/mol. The molecule has 0 unspecified atom stereocenters. The third-order valence-corrected chi connectivity index (χ3v) is 3.87. The van der Waals surface area contributed by atoms with Gasteiger partial charge in [0.05, 0.1) is 11.9 Å². The first kappa shape index (κ1) is 14.7. The van der Waals surface area contributed by atoms with Crippen molar-refractivity contribution >= 4 is 17.7 Å². The summed E-state index contributed by atoms with van der Waals surface area (Å²) in [6.45, 7) is 6.25. The molecule has 2 aromatic rings. The Morgan fingerprint density at radius 2 is 2.20 bits per heavy atom. The van der Waals surface area contributed by atoms with Gasteiger partial charge in [-0.2, -0.15) is 0 Å². The SMILES string of the molecule is Cc1cccc(-n2c(C(C)C)cnc2SCC(=O)O)c1. The quantitative estimate of drug-likeness (QED) is 0.857. The summed E-state index contributed by atoms with van der Waals surface area (Å²) >= 11 is 1.25. The lowest BCUT2D eigenvalue weighted by atomic mass is 10.1. The Balaban J connectivity index is 2.46. The van der Waals surface area contributed by atoms with Crippen LogP contribution in [0.1, 0.15) is 31.0 Å². The Hall–Kier alpha value is -1.75. The molecule has 106 valence electrons. The molecule has 0 aliphatic heterocycles. The highest BCUT2D eigenvalue weighted by molar-refractivity contribution is 7.99. The van der Waals surface area contributed by atoms with Crippen LogP contribution in [0.2, 0.25) is 0 Å². The van der Waals surface area contributed by atoms with Crippen LogP contribution in [0.3, 0.4) is 0 Å². The van der Waals surface area contributed by atoms with E-state index in [0.29, 0.717) is 5.92 Å². The van der Waals surface area contributed by atoms with Gasteiger partial charge in [-0.05, 0) is 30.5 Å². The maximum Gasteiger partial charge on any atom is 0.313 e. The van der Waals surface area contributed by atoms with E-state index in [4.69, 9.17) is 5.11 Å². The molecule has 0 aliphatic carbocycles. The monoisotopic (exact) mass is 290 g/mol. The molecule has 0 saturated carbocycles. The fourth-order valence-corrected chi connectivity index (χ4v) is 2.73. The molecule has 0 fully saturated rings. The Morgan fingerprint density at radius 3 is 2.80 bits per heavy atom. The molecule has 0 aliphatic rings. The number of nitrogens with zero attached hydrogens (tertiary/aromatic N) is 2. The first-order valence-electron chi connectivity index (χ1n) is 6.48. The summed E-state index contributed by atoms with van der Waals surface area (Å²) in [5, 5.41) is 9.56. The van der Waals surface area contributed by atoms with Gasteiger partial charge in [-0.1, -0.05) is 37.7 Å². The van der Waals surface area contributed by atoms with Gasteiger partial charge < -0.3 is 5.11 Å². The average Bonchev–Trinajstić information content (AvgIpc) is 2.80. The van der Waals surface area contributed by atoms with Crippen LogP contribution in [0, 0.1) is 6.92 Å². The third-order valence-electron chi connectivity index (χ3n) is 2.93. The number of rotatable bonds is 5. The van der Waals surface area contributed by atoms with Crippen molar-refractivity contribution in [3.63, 3.8) is 0 Å². The minimum Gasteiger partial charge on any atom is -0.481 e. The number of aryl methyl sites for hydroxylation is 1. The zero-order valence-electron chi connectivity index (χ0n) is 11.8. The van der Waals surface area contributed by atoms with Crippen molar-refractivity contribution < 1.29 is 9.90 Å². The van der Waals surface area contributed by atoms with Crippen molar-refractivity contribution in [2.75, 3.05) is 5.75 Å². The second kappa shape index (κ2) is 6.13. The number of benzene rings is 1. The number of aliphatic carboxylic acids is 1. The Kier molecular flexibility index (Phi) is 4.49. The number of carbonyl (C=O) groups is 1. The lowest BCUT2D eigenvalue weighted by molar-refractivity contribution is -0.133. The van der Waals surface area contributed by atoms with E-state index in [1.807, 2.05) is 35.9 Å². The molecule has 2 rings (SSSR count). The van der Waals surface area contributed by atoms with Crippen LogP contribution in [-0.4, -0.2) is 26.4 Å². The summed E-state index contributed by atoms with van der Waals surface area (Å²) < 4.78 is 2.05. The molecule has 0 saturated heterocycles. The van der Waals surface area contributed by atoms with Crippen molar-refractivity contribution in [1.29, 1.82) is 0 Å². The number of carboxylic acid groups (broad SMARTS) is 1. The van der Waals surface area contributed by atoms with Gasteiger partial charge in [0.15, 0.2) is 5.16 Å². The molecule has 0 radical (unpaired) electrons. The highest BCUT2D eigenvalue weighted by Gasteiger charge is 2.15. The van der Waals surface area contributed by atoms with Gasteiger partial charge in [0.25, 0.3) is 0 Å². The second-order valence-corrected chi connectivity index (χ2v) is 5.92. The summed E-state index contributed by atoms with van der Waals surface area (Å²) in [5.74, 6) is -0.498. The van der Waals surface area contributed by atoms with Crippen LogP contribution in [0.4, 0.5) is 0 Å². The largest absolute Gasteiger partial charge is 0.481 e. The van der Waals surface area contributed by atoms with E-state index in [1.54, 1.807) is 0 Å². The van der Waals surface area contributed by atoms with Gasteiger partial charge >= 0.3 is 5.97 Å². The number of hydrogen-bond donors (Lipinski definition) is 1. The van der Waals surface area contributed by atoms with E-state index in [1.165, 1.54) is 17.3 Å².